The van der Waals surface area contributed by atoms with Gasteiger partial charge >= 0.3 is 0 Å². The molecule has 0 saturated carbocycles. The summed E-state index contributed by atoms with van der Waals surface area (Å²) < 4.78 is 0. The van der Waals surface area contributed by atoms with E-state index in [2.05, 4.69) is 42.5 Å². The van der Waals surface area contributed by atoms with E-state index >= 15 is 0 Å². The molecular weight excluding hydrogens is 318 g/mol. The van der Waals surface area contributed by atoms with Crippen LogP contribution in [0.3, 0.4) is 0 Å². The molecule has 0 aliphatic heterocycles. The van der Waals surface area contributed by atoms with Gasteiger partial charge in [0, 0.05) is 17.5 Å². The fourth-order valence-corrected chi connectivity index (χ4v) is 3.08. The molecule has 2 N–H and O–H groups in total. The van der Waals surface area contributed by atoms with Gasteiger partial charge < -0.3 is 5.73 Å². The summed E-state index contributed by atoms with van der Waals surface area (Å²) in [6, 6.07) is 18.7. The van der Waals surface area contributed by atoms with E-state index in [-0.39, 0.29) is 11.3 Å². The van der Waals surface area contributed by atoms with Crippen LogP contribution < -0.4 is 5.73 Å². The zero-order chi connectivity index (χ0) is 18.8. The number of carbonyl (C=O) groups is 1. The molecule has 0 amide bonds. The summed E-state index contributed by atoms with van der Waals surface area (Å²) in [4.78, 5) is 12.3. The molecule has 0 radical (unpaired) electrons. The molecule has 0 aliphatic carbocycles. The SMILES string of the molecule is CC(C)(N)CCc1ccc(C(=O)CCCCCCc2ccccc2)cc1. The molecule has 0 unspecified atom stereocenters. The minimum atomic E-state index is -0.144. The number of nitrogens with two attached hydrogens (primary N) is 1. The van der Waals surface area contributed by atoms with E-state index in [0.29, 0.717) is 6.42 Å². The monoisotopic (exact) mass is 351 g/mol. The molecule has 2 aromatic carbocycles. The van der Waals surface area contributed by atoms with Crippen molar-refractivity contribution in [3.05, 3.63) is 71.3 Å². The van der Waals surface area contributed by atoms with Gasteiger partial charge in [0.1, 0.15) is 0 Å². The van der Waals surface area contributed by atoms with Crippen LogP contribution in [0.15, 0.2) is 54.6 Å². The molecule has 140 valence electrons. The summed E-state index contributed by atoms with van der Waals surface area (Å²) in [5.74, 6) is 0.263. The topological polar surface area (TPSA) is 43.1 Å². The van der Waals surface area contributed by atoms with Crippen LogP contribution in [0.2, 0.25) is 0 Å². The molecule has 0 heterocycles. The number of ketones is 1. The van der Waals surface area contributed by atoms with Crippen molar-refractivity contribution in [2.75, 3.05) is 0 Å². The zero-order valence-corrected chi connectivity index (χ0v) is 16.3. The van der Waals surface area contributed by atoms with Gasteiger partial charge in [-0.15, -0.1) is 0 Å². The lowest BCUT2D eigenvalue weighted by Crippen LogP contribution is -2.32. The minimum Gasteiger partial charge on any atom is -0.326 e. The molecule has 0 saturated heterocycles. The van der Waals surface area contributed by atoms with Gasteiger partial charge in [0.15, 0.2) is 5.78 Å². The minimum absolute atomic E-state index is 0.144. The summed E-state index contributed by atoms with van der Waals surface area (Å²) in [7, 11) is 0. The summed E-state index contributed by atoms with van der Waals surface area (Å²) in [5.41, 5.74) is 9.38. The predicted octanol–water partition coefficient (Wildman–Crippen LogP) is 5.73. The average Bonchev–Trinajstić information content (AvgIpc) is 2.63. The Hall–Kier alpha value is -1.93. The summed E-state index contributed by atoms with van der Waals surface area (Å²) in [5, 5.41) is 0. The van der Waals surface area contributed by atoms with E-state index in [1.165, 1.54) is 24.0 Å². The van der Waals surface area contributed by atoms with Crippen molar-refractivity contribution in [1.29, 1.82) is 0 Å². The molecule has 2 nitrogen and oxygen atoms in total. The maximum absolute atomic E-state index is 12.3. The fraction of sp³-hybridized carbons (Fsp3) is 0.458. The Balaban J connectivity index is 1.63. The summed E-state index contributed by atoms with van der Waals surface area (Å²) >= 11 is 0. The van der Waals surface area contributed by atoms with Gasteiger partial charge in [0.05, 0.1) is 0 Å². The van der Waals surface area contributed by atoms with E-state index in [1.54, 1.807) is 0 Å². The van der Waals surface area contributed by atoms with Crippen molar-refractivity contribution >= 4 is 5.78 Å². The number of benzene rings is 2. The second-order valence-corrected chi connectivity index (χ2v) is 8.01. The van der Waals surface area contributed by atoms with Crippen molar-refractivity contribution < 1.29 is 4.79 Å². The molecule has 0 atom stereocenters. The Morgan fingerprint density at radius 2 is 1.42 bits per heavy atom. The second kappa shape index (κ2) is 10.3. The maximum Gasteiger partial charge on any atom is 0.162 e. The third-order valence-electron chi connectivity index (χ3n) is 4.80. The van der Waals surface area contributed by atoms with Crippen LogP contribution in [0.1, 0.15) is 73.9 Å². The van der Waals surface area contributed by atoms with Gasteiger partial charge in [-0.25, -0.2) is 0 Å². The van der Waals surface area contributed by atoms with Gasteiger partial charge in [-0.3, -0.25) is 4.79 Å². The van der Waals surface area contributed by atoms with Crippen molar-refractivity contribution in [3.63, 3.8) is 0 Å². The number of aryl methyl sites for hydroxylation is 2. The molecule has 26 heavy (non-hydrogen) atoms. The molecular formula is C24H33NO. The average molecular weight is 352 g/mol. The number of hydrogen-bond donors (Lipinski definition) is 1. The number of rotatable bonds is 11. The molecule has 2 heteroatoms. The van der Waals surface area contributed by atoms with E-state index < -0.39 is 0 Å². The number of Topliss-reactive ketones (excluding diaryl/α,β-unsaturated/α-hetero) is 1. The Morgan fingerprint density at radius 1 is 0.808 bits per heavy atom. The highest BCUT2D eigenvalue weighted by atomic mass is 16.1. The normalized spacial score (nSPS) is 11.5. The van der Waals surface area contributed by atoms with E-state index in [1.807, 2.05) is 26.0 Å². The Labute approximate surface area is 158 Å². The van der Waals surface area contributed by atoms with Crippen molar-refractivity contribution in [1.82, 2.24) is 0 Å². The molecule has 0 spiro atoms. The van der Waals surface area contributed by atoms with Crippen LogP contribution in [-0.2, 0) is 12.8 Å². The highest BCUT2D eigenvalue weighted by molar-refractivity contribution is 5.96. The Bertz CT molecular complexity index is 653. The number of carbonyl (C=O) groups excluding carboxylic acids is 1. The quantitative estimate of drug-likeness (QED) is 0.415. The zero-order valence-electron chi connectivity index (χ0n) is 16.3. The third-order valence-corrected chi connectivity index (χ3v) is 4.80. The van der Waals surface area contributed by atoms with Crippen LogP contribution in [0.5, 0.6) is 0 Å². The molecule has 0 aromatic heterocycles. The smallest absolute Gasteiger partial charge is 0.162 e. The largest absolute Gasteiger partial charge is 0.326 e. The van der Waals surface area contributed by atoms with Crippen molar-refractivity contribution in [2.24, 2.45) is 5.73 Å². The highest BCUT2D eigenvalue weighted by Gasteiger charge is 2.11. The highest BCUT2D eigenvalue weighted by Crippen LogP contribution is 2.15. The Morgan fingerprint density at radius 3 is 2.08 bits per heavy atom. The first-order chi connectivity index (χ1) is 12.4. The van der Waals surface area contributed by atoms with Crippen LogP contribution in [0.4, 0.5) is 0 Å². The molecule has 0 aliphatic rings. The fourth-order valence-electron chi connectivity index (χ4n) is 3.08. The first-order valence-corrected chi connectivity index (χ1v) is 9.89. The standard InChI is InChI=1S/C24H33NO/c1-24(2,25)19-18-21-14-16-22(17-15-21)23(26)13-9-4-3-6-10-20-11-7-5-8-12-20/h5,7-8,11-12,14-17H,3-4,6,9-10,13,18-19,25H2,1-2H3. The Kier molecular flexibility index (Phi) is 8.06. The summed E-state index contributed by atoms with van der Waals surface area (Å²) in [6.45, 7) is 4.09. The second-order valence-electron chi connectivity index (χ2n) is 8.01. The third kappa shape index (κ3) is 7.97. The molecule has 2 aromatic rings. The van der Waals surface area contributed by atoms with Crippen LogP contribution in [-0.4, -0.2) is 11.3 Å². The first-order valence-electron chi connectivity index (χ1n) is 9.89. The molecule has 0 bridgehead atoms. The predicted molar refractivity (Wildman–Crippen MR) is 111 cm³/mol. The molecule has 0 fully saturated rings. The number of unbranched alkanes of at least 4 members (excludes halogenated alkanes) is 3. The van der Waals surface area contributed by atoms with E-state index in [9.17, 15) is 4.79 Å². The van der Waals surface area contributed by atoms with Gasteiger partial charge in [0.25, 0.3) is 0 Å². The number of hydrogen-bond acceptors (Lipinski definition) is 2. The van der Waals surface area contributed by atoms with Crippen LogP contribution >= 0.6 is 0 Å². The van der Waals surface area contributed by atoms with Crippen molar-refractivity contribution in [2.45, 2.75) is 70.8 Å². The molecule has 2 rings (SSSR count). The van der Waals surface area contributed by atoms with E-state index in [0.717, 1.165) is 37.7 Å². The lowest BCUT2D eigenvalue weighted by atomic mass is 9.95. The van der Waals surface area contributed by atoms with Crippen LogP contribution in [0.25, 0.3) is 0 Å². The first kappa shape index (κ1) is 20.4. The van der Waals surface area contributed by atoms with Gasteiger partial charge in [-0.05, 0) is 57.1 Å². The summed E-state index contributed by atoms with van der Waals surface area (Å²) in [6.07, 6.45) is 8.19. The lowest BCUT2D eigenvalue weighted by molar-refractivity contribution is 0.0979. The van der Waals surface area contributed by atoms with Gasteiger partial charge in [-0.1, -0.05) is 67.4 Å². The van der Waals surface area contributed by atoms with Gasteiger partial charge in [0.2, 0.25) is 0 Å². The van der Waals surface area contributed by atoms with E-state index in [4.69, 9.17) is 5.73 Å². The van der Waals surface area contributed by atoms with Gasteiger partial charge in [-0.2, -0.15) is 0 Å². The van der Waals surface area contributed by atoms with Crippen molar-refractivity contribution in [3.8, 4) is 0 Å². The van der Waals surface area contributed by atoms with Crippen LogP contribution in [0, 0.1) is 0 Å². The maximum atomic E-state index is 12.3. The lowest BCUT2D eigenvalue weighted by Gasteiger charge is -2.18.